The lowest BCUT2D eigenvalue weighted by Gasteiger charge is -2.24. The molecule has 0 saturated carbocycles. The average molecular weight is 278 g/mol. The van der Waals surface area contributed by atoms with Crippen molar-refractivity contribution in [3.63, 3.8) is 0 Å². The van der Waals surface area contributed by atoms with Crippen molar-refractivity contribution in [3.05, 3.63) is 34.3 Å². The van der Waals surface area contributed by atoms with Gasteiger partial charge in [0.05, 0.1) is 6.61 Å². The standard InChI is InChI=1S/C12H14ClF2NO2/c1-3-18-11(17)12(14,15)10(16)9-7(2)5-4-6-8(9)13/h4-6,10H,3,16H2,1-2H3/t10-/m1/s1. The molecule has 0 saturated heterocycles. The zero-order chi connectivity index (χ0) is 13.9. The van der Waals surface area contributed by atoms with Gasteiger partial charge in [-0.1, -0.05) is 23.7 Å². The van der Waals surface area contributed by atoms with Crippen LogP contribution in [-0.4, -0.2) is 18.5 Å². The number of benzene rings is 1. The number of rotatable bonds is 4. The minimum absolute atomic E-state index is 0.0530. The third-order valence-corrected chi connectivity index (χ3v) is 2.85. The van der Waals surface area contributed by atoms with Gasteiger partial charge in [0.25, 0.3) is 0 Å². The quantitative estimate of drug-likeness (QED) is 0.861. The van der Waals surface area contributed by atoms with Crippen LogP contribution in [0, 0.1) is 6.92 Å². The zero-order valence-electron chi connectivity index (χ0n) is 10.0. The second-order valence-corrected chi connectivity index (χ2v) is 4.20. The van der Waals surface area contributed by atoms with Gasteiger partial charge in [-0.15, -0.1) is 0 Å². The predicted molar refractivity (Wildman–Crippen MR) is 64.7 cm³/mol. The normalized spacial score (nSPS) is 13.2. The van der Waals surface area contributed by atoms with Crippen molar-refractivity contribution in [2.75, 3.05) is 6.61 Å². The van der Waals surface area contributed by atoms with Crippen LogP contribution in [-0.2, 0) is 9.53 Å². The molecule has 0 amide bonds. The molecule has 2 N–H and O–H groups in total. The number of halogens is 3. The zero-order valence-corrected chi connectivity index (χ0v) is 10.8. The minimum atomic E-state index is -3.81. The molecule has 0 bridgehead atoms. The first-order valence-corrected chi connectivity index (χ1v) is 5.75. The van der Waals surface area contributed by atoms with Gasteiger partial charge in [-0.3, -0.25) is 0 Å². The molecule has 0 heterocycles. The Hall–Kier alpha value is -1.20. The topological polar surface area (TPSA) is 52.3 Å². The first-order valence-electron chi connectivity index (χ1n) is 5.38. The van der Waals surface area contributed by atoms with E-state index in [1.54, 1.807) is 19.1 Å². The first kappa shape index (κ1) is 14.9. The summed E-state index contributed by atoms with van der Waals surface area (Å²) in [7, 11) is 0. The maximum atomic E-state index is 13.8. The number of aryl methyl sites for hydroxylation is 1. The largest absolute Gasteiger partial charge is 0.462 e. The van der Waals surface area contributed by atoms with Gasteiger partial charge in [0, 0.05) is 5.02 Å². The van der Waals surface area contributed by atoms with E-state index in [2.05, 4.69) is 4.74 Å². The number of hydrogen-bond donors (Lipinski definition) is 1. The van der Waals surface area contributed by atoms with E-state index < -0.39 is 17.9 Å². The average Bonchev–Trinajstić information content (AvgIpc) is 2.28. The molecule has 0 spiro atoms. The van der Waals surface area contributed by atoms with Crippen LogP contribution >= 0.6 is 11.6 Å². The molecule has 18 heavy (non-hydrogen) atoms. The van der Waals surface area contributed by atoms with E-state index in [4.69, 9.17) is 17.3 Å². The molecule has 0 aliphatic rings. The molecule has 6 heteroatoms. The lowest BCUT2D eigenvalue weighted by molar-refractivity contribution is -0.174. The molecule has 1 aromatic rings. The first-order chi connectivity index (χ1) is 8.32. The van der Waals surface area contributed by atoms with Crippen LogP contribution in [0.1, 0.15) is 24.1 Å². The van der Waals surface area contributed by atoms with Crippen LogP contribution in [0.4, 0.5) is 8.78 Å². The Kier molecular flexibility index (Phi) is 4.65. The smallest absolute Gasteiger partial charge is 0.379 e. The molecule has 1 aromatic carbocycles. The molecule has 0 aliphatic carbocycles. The fourth-order valence-corrected chi connectivity index (χ4v) is 1.91. The van der Waals surface area contributed by atoms with Crippen LogP contribution in [0.3, 0.4) is 0 Å². The van der Waals surface area contributed by atoms with E-state index in [0.29, 0.717) is 5.56 Å². The van der Waals surface area contributed by atoms with E-state index in [9.17, 15) is 13.6 Å². The highest BCUT2D eigenvalue weighted by Gasteiger charge is 2.48. The van der Waals surface area contributed by atoms with Crippen LogP contribution in [0.15, 0.2) is 18.2 Å². The van der Waals surface area contributed by atoms with Crippen molar-refractivity contribution in [2.24, 2.45) is 5.73 Å². The molecule has 0 unspecified atom stereocenters. The Labute approximate surface area is 109 Å². The Morgan fingerprint density at radius 2 is 2.17 bits per heavy atom. The van der Waals surface area contributed by atoms with Crippen molar-refractivity contribution in [3.8, 4) is 0 Å². The number of ether oxygens (including phenoxy) is 1. The summed E-state index contributed by atoms with van der Waals surface area (Å²) in [6.07, 6.45) is 0. The summed E-state index contributed by atoms with van der Waals surface area (Å²) in [6, 6.07) is 2.84. The van der Waals surface area contributed by atoms with E-state index in [1.807, 2.05) is 0 Å². The number of esters is 1. The fourth-order valence-electron chi connectivity index (χ4n) is 1.57. The van der Waals surface area contributed by atoms with Gasteiger partial charge in [0.15, 0.2) is 0 Å². The van der Waals surface area contributed by atoms with Crippen molar-refractivity contribution in [1.29, 1.82) is 0 Å². The van der Waals surface area contributed by atoms with Crippen LogP contribution in [0.2, 0.25) is 5.02 Å². The van der Waals surface area contributed by atoms with E-state index >= 15 is 0 Å². The second-order valence-electron chi connectivity index (χ2n) is 3.79. The molecule has 0 fully saturated rings. The third kappa shape index (κ3) is 2.79. The minimum Gasteiger partial charge on any atom is -0.462 e. The molecule has 0 radical (unpaired) electrons. The van der Waals surface area contributed by atoms with E-state index in [1.165, 1.54) is 13.0 Å². The van der Waals surface area contributed by atoms with Gasteiger partial charge in [-0.25, -0.2) is 4.79 Å². The Bertz CT molecular complexity index is 431. The summed E-state index contributed by atoms with van der Waals surface area (Å²) in [5.41, 5.74) is 6.02. The number of hydrogen-bond acceptors (Lipinski definition) is 3. The molecule has 0 aromatic heterocycles. The van der Waals surface area contributed by atoms with Gasteiger partial charge in [0.2, 0.25) is 0 Å². The van der Waals surface area contributed by atoms with Crippen LogP contribution < -0.4 is 5.73 Å². The summed E-state index contributed by atoms with van der Waals surface area (Å²) in [6.45, 7) is 2.91. The highest BCUT2D eigenvalue weighted by molar-refractivity contribution is 6.31. The highest BCUT2D eigenvalue weighted by Crippen LogP contribution is 2.35. The number of carbonyl (C=O) groups is 1. The molecular formula is C12H14ClF2NO2. The molecular weight excluding hydrogens is 264 g/mol. The van der Waals surface area contributed by atoms with E-state index in [0.717, 1.165) is 0 Å². The van der Waals surface area contributed by atoms with Crippen molar-refractivity contribution >= 4 is 17.6 Å². The Morgan fingerprint density at radius 1 is 1.56 bits per heavy atom. The lowest BCUT2D eigenvalue weighted by Crippen LogP contribution is -2.42. The number of alkyl halides is 2. The van der Waals surface area contributed by atoms with Gasteiger partial charge < -0.3 is 10.5 Å². The van der Waals surface area contributed by atoms with Gasteiger partial charge >= 0.3 is 11.9 Å². The second kappa shape index (κ2) is 5.63. The lowest BCUT2D eigenvalue weighted by atomic mass is 9.97. The maximum absolute atomic E-state index is 13.8. The number of carbonyl (C=O) groups excluding carboxylic acids is 1. The van der Waals surface area contributed by atoms with Crippen molar-refractivity contribution in [2.45, 2.75) is 25.8 Å². The van der Waals surface area contributed by atoms with E-state index in [-0.39, 0.29) is 17.2 Å². The third-order valence-electron chi connectivity index (χ3n) is 2.52. The molecule has 0 aliphatic heterocycles. The van der Waals surface area contributed by atoms with Crippen molar-refractivity contribution in [1.82, 2.24) is 0 Å². The maximum Gasteiger partial charge on any atom is 0.379 e. The summed E-state index contributed by atoms with van der Waals surface area (Å²) in [4.78, 5) is 11.2. The fraction of sp³-hybridized carbons (Fsp3) is 0.417. The van der Waals surface area contributed by atoms with Gasteiger partial charge in [0.1, 0.15) is 6.04 Å². The summed E-state index contributed by atoms with van der Waals surface area (Å²) >= 11 is 5.85. The van der Waals surface area contributed by atoms with Gasteiger partial charge in [-0.05, 0) is 31.0 Å². The monoisotopic (exact) mass is 277 g/mol. The molecule has 1 rings (SSSR count). The van der Waals surface area contributed by atoms with Crippen molar-refractivity contribution < 1.29 is 18.3 Å². The van der Waals surface area contributed by atoms with Crippen LogP contribution in [0.25, 0.3) is 0 Å². The van der Waals surface area contributed by atoms with Gasteiger partial charge in [-0.2, -0.15) is 8.78 Å². The Balaban J connectivity index is 3.13. The predicted octanol–water partition coefficient (Wildman–Crippen LogP) is 2.85. The molecule has 3 nitrogen and oxygen atoms in total. The molecule has 1 atom stereocenters. The van der Waals surface area contributed by atoms with Crippen LogP contribution in [0.5, 0.6) is 0 Å². The molecule has 100 valence electrons. The Morgan fingerprint density at radius 3 is 2.67 bits per heavy atom. The summed E-state index contributed by atoms with van der Waals surface area (Å²) < 4.78 is 31.9. The summed E-state index contributed by atoms with van der Waals surface area (Å²) in [5.74, 6) is -5.46. The SMILES string of the molecule is CCOC(=O)C(F)(F)[C@H](N)c1c(C)cccc1Cl. The summed E-state index contributed by atoms with van der Waals surface area (Å²) in [5, 5.41) is 0.103. The highest BCUT2D eigenvalue weighted by atomic mass is 35.5. The number of nitrogens with two attached hydrogens (primary N) is 1.